The van der Waals surface area contributed by atoms with Gasteiger partial charge in [0.25, 0.3) is 0 Å². The lowest BCUT2D eigenvalue weighted by atomic mass is 9.82. The van der Waals surface area contributed by atoms with E-state index in [1.807, 2.05) is 0 Å². The zero-order chi connectivity index (χ0) is 14.9. The van der Waals surface area contributed by atoms with E-state index < -0.39 is 0 Å². The van der Waals surface area contributed by atoms with E-state index in [4.69, 9.17) is 0 Å². The highest BCUT2D eigenvalue weighted by Crippen LogP contribution is 2.41. The van der Waals surface area contributed by atoms with Crippen LogP contribution in [-0.2, 0) is 12.8 Å². The molecule has 0 amide bonds. The highest BCUT2D eigenvalue weighted by Gasteiger charge is 2.31. The fourth-order valence-corrected chi connectivity index (χ4v) is 4.52. The van der Waals surface area contributed by atoms with Crippen molar-refractivity contribution in [1.29, 1.82) is 0 Å². The molecular weight excluding hydrogens is 266 g/mol. The molecule has 2 unspecified atom stereocenters. The smallest absolute Gasteiger partial charge is 0.0354 e. The standard InChI is InChI=1S/C21H25N/c1-22(20-14-6-10-16-8-2-4-12-18(16)20)21-15-7-11-17-9-3-5-13-19(17)21/h2-5,8-9,12-13,20-21H,6-7,10-11,14-15H2,1H3. The maximum Gasteiger partial charge on any atom is 0.0354 e. The van der Waals surface area contributed by atoms with Crippen LogP contribution in [0.3, 0.4) is 0 Å². The van der Waals surface area contributed by atoms with Gasteiger partial charge in [-0.25, -0.2) is 0 Å². The van der Waals surface area contributed by atoms with Crippen LogP contribution in [0.5, 0.6) is 0 Å². The average Bonchev–Trinajstić information content (AvgIpc) is 2.60. The summed E-state index contributed by atoms with van der Waals surface area (Å²) in [6, 6.07) is 19.3. The maximum atomic E-state index is 2.66. The molecule has 4 rings (SSSR count). The van der Waals surface area contributed by atoms with E-state index >= 15 is 0 Å². The first-order chi connectivity index (χ1) is 10.8. The highest BCUT2D eigenvalue weighted by molar-refractivity contribution is 5.35. The van der Waals surface area contributed by atoms with E-state index in [0.717, 1.165) is 0 Å². The summed E-state index contributed by atoms with van der Waals surface area (Å²) >= 11 is 0. The van der Waals surface area contributed by atoms with Gasteiger partial charge in [0.2, 0.25) is 0 Å². The molecule has 2 aliphatic carbocycles. The van der Waals surface area contributed by atoms with Crippen molar-refractivity contribution < 1.29 is 0 Å². The molecule has 0 aromatic heterocycles. The topological polar surface area (TPSA) is 3.24 Å². The summed E-state index contributed by atoms with van der Waals surface area (Å²) in [7, 11) is 2.35. The van der Waals surface area contributed by atoms with Gasteiger partial charge < -0.3 is 0 Å². The van der Waals surface area contributed by atoms with E-state index in [-0.39, 0.29) is 0 Å². The monoisotopic (exact) mass is 291 g/mol. The summed E-state index contributed by atoms with van der Waals surface area (Å²) in [6.45, 7) is 0. The molecule has 0 spiro atoms. The van der Waals surface area contributed by atoms with Crippen LogP contribution in [-0.4, -0.2) is 11.9 Å². The Morgan fingerprint density at radius 1 is 0.727 bits per heavy atom. The van der Waals surface area contributed by atoms with Crippen LogP contribution in [0.4, 0.5) is 0 Å². The minimum Gasteiger partial charge on any atom is -0.292 e. The largest absolute Gasteiger partial charge is 0.292 e. The minimum atomic E-state index is 0.584. The van der Waals surface area contributed by atoms with Crippen molar-refractivity contribution in [2.75, 3.05) is 7.05 Å². The number of hydrogen-bond acceptors (Lipinski definition) is 1. The van der Waals surface area contributed by atoms with E-state index in [1.54, 1.807) is 22.3 Å². The van der Waals surface area contributed by atoms with Gasteiger partial charge in [-0.1, -0.05) is 48.5 Å². The average molecular weight is 291 g/mol. The maximum absolute atomic E-state index is 2.66. The summed E-state index contributed by atoms with van der Waals surface area (Å²) in [6.07, 6.45) is 7.74. The van der Waals surface area contributed by atoms with Crippen molar-refractivity contribution >= 4 is 0 Å². The Morgan fingerprint density at radius 2 is 1.18 bits per heavy atom. The van der Waals surface area contributed by atoms with E-state index in [1.165, 1.54) is 38.5 Å². The van der Waals surface area contributed by atoms with E-state index in [2.05, 4.69) is 60.5 Å². The molecule has 0 radical (unpaired) electrons. The van der Waals surface area contributed by atoms with Crippen molar-refractivity contribution in [2.45, 2.75) is 50.6 Å². The molecule has 2 aromatic rings. The van der Waals surface area contributed by atoms with Gasteiger partial charge in [0.15, 0.2) is 0 Å². The normalized spacial score (nSPS) is 23.9. The fraction of sp³-hybridized carbons (Fsp3) is 0.429. The summed E-state index contributed by atoms with van der Waals surface area (Å²) in [5.74, 6) is 0. The highest BCUT2D eigenvalue weighted by atomic mass is 15.2. The third-order valence-corrected chi connectivity index (χ3v) is 5.66. The molecule has 0 aliphatic heterocycles. The van der Waals surface area contributed by atoms with Gasteiger partial charge in [0.1, 0.15) is 0 Å². The second-order valence-electron chi connectivity index (χ2n) is 6.88. The number of hydrogen-bond donors (Lipinski definition) is 0. The molecule has 0 heterocycles. The molecule has 0 bridgehead atoms. The molecule has 22 heavy (non-hydrogen) atoms. The second-order valence-corrected chi connectivity index (χ2v) is 6.88. The first-order valence-electron chi connectivity index (χ1n) is 8.72. The van der Waals surface area contributed by atoms with Crippen molar-refractivity contribution in [3.63, 3.8) is 0 Å². The summed E-state index contributed by atoms with van der Waals surface area (Å²) in [4.78, 5) is 2.66. The Bertz CT molecular complexity index is 603. The molecule has 2 atom stereocenters. The first kappa shape index (κ1) is 14.0. The van der Waals surface area contributed by atoms with Gasteiger partial charge in [0.05, 0.1) is 0 Å². The van der Waals surface area contributed by atoms with Gasteiger partial charge in [0, 0.05) is 12.1 Å². The summed E-state index contributed by atoms with van der Waals surface area (Å²) in [5, 5.41) is 0. The molecule has 1 heteroatoms. The van der Waals surface area contributed by atoms with Gasteiger partial charge in [-0.2, -0.15) is 0 Å². The molecule has 0 saturated heterocycles. The van der Waals surface area contributed by atoms with Crippen LogP contribution >= 0.6 is 0 Å². The molecule has 0 fully saturated rings. The van der Waals surface area contributed by atoms with Crippen LogP contribution in [0.25, 0.3) is 0 Å². The minimum absolute atomic E-state index is 0.584. The van der Waals surface area contributed by atoms with Crippen LogP contribution in [0.1, 0.15) is 60.0 Å². The predicted octanol–water partition coefficient (Wildman–Crippen LogP) is 5.07. The van der Waals surface area contributed by atoms with E-state index in [0.29, 0.717) is 12.1 Å². The number of nitrogens with zero attached hydrogens (tertiary/aromatic N) is 1. The molecule has 114 valence electrons. The zero-order valence-electron chi connectivity index (χ0n) is 13.5. The number of fused-ring (bicyclic) bond motifs is 2. The van der Waals surface area contributed by atoms with Crippen molar-refractivity contribution in [3.8, 4) is 0 Å². The van der Waals surface area contributed by atoms with Crippen LogP contribution in [0.15, 0.2) is 48.5 Å². The SMILES string of the molecule is CN(C1CCCc2ccccc21)C1CCCc2ccccc21. The molecule has 0 N–H and O–H groups in total. The zero-order valence-corrected chi connectivity index (χ0v) is 13.5. The quantitative estimate of drug-likeness (QED) is 0.746. The van der Waals surface area contributed by atoms with Gasteiger partial charge in [-0.15, -0.1) is 0 Å². The Balaban J connectivity index is 1.68. The lowest BCUT2D eigenvalue weighted by Gasteiger charge is -2.41. The predicted molar refractivity (Wildman–Crippen MR) is 92.0 cm³/mol. The lowest BCUT2D eigenvalue weighted by molar-refractivity contribution is 0.142. The lowest BCUT2D eigenvalue weighted by Crippen LogP contribution is -2.33. The molecule has 1 nitrogen and oxygen atoms in total. The second kappa shape index (κ2) is 5.89. The fourth-order valence-electron chi connectivity index (χ4n) is 4.52. The molecule has 0 saturated carbocycles. The molecule has 2 aromatic carbocycles. The van der Waals surface area contributed by atoms with Gasteiger partial charge >= 0.3 is 0 Å². The number of rotatable bonds is 2. The van der Waals surface area contributed by atoms with Crippen LogP contribution < -0.4 is 0 Å². The molecule has 2 aliphatic rings. The number of benzene rings is 2. The summed E-state index contributed by atoms with van der Waals surface area (Å²) in [5.41, 5.74) is 6.27. The summed E-state index contributed by atoms with van der Waals surface area (Å²) < 4.78 is 0. The van der Waals surface area contributed by atoms with Crippen molar-refractivity contribution in [3.05, 3.63) is 70.8 Å². The van der Waals surface area contributed by atoms with Gasteiger partial charge in [-0.05, 0) is 67.8 Å². The van der Waals surface area contributed by atoms with E-state index in [9.17, 15) is 0 Å². The molecular formula is C21H25N. The first-order valence-corrected chi connectivity index (χ1v) is 8.72. The Labute approximate surface area is 134 Å². The van der Waals surface area contributed by atoms with Crippen molar-refractivity contribution in [1.82, 2.24) is 4.90 Å². The van der Waals surface area contributed by atoms with Crippen molar-refractivity contribution in [2.24, 2.45) is 0 Å². The van der Waals surface area contributed by atoms with Crippen LogP contribution in [0, 0.1) is 0 Å². The van der Waals surface area contributed by atoms with Crippen LogP contribution in [0.2, 0.25) is 0 Å². The Morgan fingerprint density at radius 3 is 1.68 bits per heavy atom. The van der Waals surface area contributed by atoms with Gasteiger partial charge in [-0.3, -0.25) is 4.90 Å². The Hall–Kier alpha value is -1.60. The third kappa shape index (κ3) is 2.38. The Kier molecular flexibility index (Phi) is 3.75. The number of aryl methyl sites for hydroxylation is 2. The third-order valence-electron chi connectivity index (χ3n) is 5.66.